The SMILES string of the molecule is CCCC(C)NC(=O)C(c1ccc(C)c(C)c1)N(C(=O)C(CS)NC(=O)OC(C)(C)C)C(C)CC. The first-order valence-electron chi connectivity index (χ1n) is 12.6. The number of nitrogens with one attached hydrogen (secondary N) is 2. The lowest BCUT2D eigenvalue weighted by atomic mass is 9.96. The summed E-state index contributed by atoms with van der Waals surface area (Å²) in [5.74, 6) is -0.543. The van der Waals surface area contributed by atoms with Crippen molar-refractivity contribution < 1.29 is 19.1 Å². The summed E-state index contributed by atoms with van der Waals surface area (Å²) in [5.41, 5.74) is 2.17. The van der Waals surface area contributed by atoms with E-state index in [1.54, 1.807) is 25.7 Å². The molecular weight excluding hydrogens is 462 g/mol. The molecular formula is C27H45N3O4S. The molecule has 0 heterocycles. The lowest BCUT2D eigenvalue weighted by Gasteiger charge is -2.38. The fraction of sp³-hybridized carbons (Fsp3) is 0.667. The van der Waals surface area contributed by atoms with Crippen LogP contribution in [0.5, 0.6) is 0 Å². The van der Waals surface area contributed by atoms with E-state index < -0.39 is 23.8 Å². The van der Waals surface area contributed by atoms with Crippen LogP contribution in [0.4, 0.5) is 4.79 Å². The van der Waals surface area contributed by atoms with Crippen molar-refractivity contribution in [3.05, 3.63) is 34.9 Å². The van der Waals surface area contributed by atoms with Crippen LogP contribution in [0.2, 0.25) is 0 Å². The van der Waals surface area contributed by atoms with Gasteiger partial charge in [-0.15, -0.1) is 0 Å². The molecule has 3 amide bonds. The second-order valence-corrected chi connectivity index (χ2v) is 10.7. The van der Waals surface area contributed by atoms with E-state index >= 15 is 0 Å². The number of carbonyl (C=O) groups is 3. The Morgan fingerprint density at radius 3 is 2.17 bits per heavy atom. The van der Waals surface area contributed by atoms with Gasteiger partial charge in [0, 0.05) is 17.8 Å². The zero-order valence-electron chi connectivity index (χ0n) is 22.9. The number of aryl methyl sites for hydroxylation is 2. The Kier molecular flexibility index (Phi) is 12.1. The quantitative estimate of drug-likeness (QED) is 0.364. The largest absolute Gasteiger partial charge is 0.444 e. The van der Waals surface area contributed by atoms with Gasteiger partial charge in [0.2, 0.25) is 11.8 Å². The summed E-state index contributed by atoms with van der Waals surface area (Å²) in [6.07, 6.45) is 1.71. The van der Waals surface area contributed by atoms with Crippen LogP contribution < -0.4 is 10.6 Å². The Bertz CT molecular complexity index is 868. The van der Waals surface area contributed by atoms with Crippen LogP contribution in [0.3, 0.4) is 0 Å². The summed E-state index contributed by atoms with van der Waals surface area (Å²) < 4.78 is 5.35. The van der Waals surface area contributed by atoms with Crippen molar-refractivity contribution >= 4 is 30.5 Å². The molecule has 1 aromatic rings. The van der Waals surface area contributed by atoms with Crippen LogP contribution in [0, 0.1) is 13.8 Å². The van der Waals surface area contributed by atoms with Crippen molar-refractivity contribution in [2.75, 3.05) is 5.75 Å². The van der Waals surface area contributed by atoms with E-state index in [-0.39, 0.29) is 29.7 Å². The number of alkyl carbamates (subject to hydrolysis) is 1. The van der Waals surface area contributed by atoms with E-state index in [0.717, 1.165) is 29.5 Å². The molecule has 1 rings (SSSR count). The minimum atomic E-state index is -0.947. The number of thiol groups is 1. The first-order chi connectivity index (χ1) is 16.2. The zero-order valence-corrected chi connectivity index (χ0v) is 23.8. The highest BCUT2D eigenvalue weighted by molar-refractivity contribution is 7.80. The first kappa shape index (κ1) is 30.8. The summed E-state index contributed by atoms with van der Waals surface area (Å²) >= 11 is 4.34. The molecule has 0 aromatic heterocycles. The molecule has 35 heavy (non-hydrogen) atoms. The Morgan fingerprint density at radius 2 is 1.69 bits per heavy atom. The Labute approximate surface area is 217 Å². The van der Waals surface area contributed by atoms with Crippen molar-refractivity contribution in [2.24, 2.45) is 0 Å². The first-order valence-corrected chi connectivity index (χ1v) is 13.2. The molecule has 0 aliphatic rings. The fourth-order valence-corrected chi connectivity index (χ4v) is 4.06. The van der Waals surface area contributed by atoms with Crippen LogP contribution in [0.15, 0.2) is 18.2 Å². The summed E-state index contributed by atoms with van der Waals surface area (Å²) in [5, 5.41) is 5.74. The topological polar surface area (TPSA) is 87.7 Å². The summed E-state index contributed by atoms with van der Waals surface area (Å²) in [6.45, 7) is 17.2. The van der Waals surface area contributed by atoms with Crippen LogP contribution in [0.25, 0.3) is 0 Å². The Morgan fingerprint density at radius 1 is 1.06 bits per heavy atom. The molecule has 8 heteroatoms. The Hall–Kier alpha value is -2.22. The van der Waals surface area contributed by atoms with Crippen LogP contribution in [0.1, 0.15) is 90.5 Å². The van der Waals surface area contributed by atoms with Gasteiger partial charge in [0.25, 0.3) is 0 Å². The predicted molar refractivity (Wildman–Crippen MR) is 145 cm³/mol. The average molecular weight is 508 g/mol. The number of hydrogen-bond donors (Lipinski definition) is 3. The van der Waals surface area contributed by atoms with E-state index in [2.05, 4.69) is 30.2 Å². The van der Waals surface area contributed by atoms with Gasteiger partial charge in [-0.1, -0.05) is 38.5 Å². The van der Waals surface area contributed by atoms with Crippen LogP contribution >= 0.6 is 12.6 Å². The molecule has 4 unspecified atom stereocenters. The smallest absolute Gasteiger partial charge is 0.408 e. The van der Waals surface area contributed by atoms with Gasteiger partial charge in [-0.05, 0) is 78.0 Å². The molecule has 198 valence electrons. The maximum absolute atomic E-state index is 13.9. The maximum Gasteiger partial charge on any atom is 0.408 e. The molecule has 0 fully saturated rings. The van der Waals surface area contributed by atoms with Gasteiger partial charge in [0.1, 0.15) is 17.7 Å². The molecule has 0 aliphatic carbocycles. The molecule has 0 spiro atoms. The highest BCUT2D eigenvalue weighted by atomic mass is 32.1. The van der Waals surface area contributed by atoms with Gasteiger partial charge in [0.05, 0.1) is 0 Å². The van der Waals surface area contributed by atoms with Gasteiger partial charge < -0.3 is 20.3 Å². The number of nitrogens with zero attached hydrogens (tertiary/aromatic N) is 1. The van der Waals surface area contributed by atoms with Gasteiger partial charge in [-0.25, -0.2) is 4.79 Å². The molecule has 0 saturated heterocycles. The predicted octanol–water partition coefficient (Wildman–Crippen LogP) is 5.10. The maximum atomic E-state index is 13.9. The number of benzene rings is 1. The van der Waals surface area contributed by atoms with Crippen molar-refractivity contribution in [1.82, 2.24) is 15.5 Å². The number of hydrogen-bond acceptors (Lipinski definition) is 5. The normalized spacial score (nSPS) is 14.9. The standard InChI is InChI=1S/C27H45N3O4S/c1-10-12-19(5)28-24(31)23(21-14-13-17(3)18(4)15-21)30(20(6)11-2)25(32)22(16-35)29-26(33)34-27(7,8)9/h13-15,19-20,22-23,35H,10-12,16H2,1-9H3,(H,28,31)(H,29,33). The molecule has 0 saturated carbocycles. The third-order valence-electron chi connectivity index (χ3n) is 5.98. The second-order valence-electron chi connectivity index (χ2n) is 10.3. The summed E-state index contributed by atoms with van der Waals surface area (Å²) in [6, 6.07) is 3.74. The highest BCUT2D eigenvalue weighted by Gasteiger charge is 2.38. The molecule has 0 radical (unpaired) electrons. The second kappa shape index (κ2) is 13.8. The third-order valence-corrected chi connectivity index (χ3v) is 6.34. The van der Waals surface area contributed by atoms with Gasteiger partial charge in [-0.3, -0.25) is 9.59 Å². The Balaban J connectivity index is 3.48. The van der Waals surface area contributed by atoms with Gasteiger partial charge >= 0.3 is 6.09 Å². The number of amides is 3. The van der Waals surface area contributed by atoms with Crippen molar-refractivity contribution in [2.45, 2.75) is 111 Å². The molecule has 0 bridgehead atoms. The van der Waals surface area contributed by atoms with Crippen molar-refractivity contribution in [3.8, 4) is 0 Å². The van der Waals surface area contributed by atoms with E-state index in [9.17, 15) is 14.4 Å². The summed E-state index contributed by atoms with van der Waals surface area (Å²) in [4.78, 5) is 41.6. The molecule has 7 nitrogen and oxygen atoms in total. The number of ether oxygens (including phenoxy) is 1. The van der Waals surface area contributed by atoms with E-state index in [0.29, 0.717) is 6.42 Å². The van der Waals surface area contributed by atoms with Crippen molar-refractivity contribution in [3.63, 3.8) is 0 Å². The lowest BCUT2D eigenvalue weighted by Crippen LogP contribution is -2.56. The lowest BCUT2D eigenvalue weighted by molar-refractivity contribution is -0.144. The minimum absolute atomic E-state index is 0.0315. The molecule has 1 aromatic carbocycles. The monoisotopic (exact) mass is 507 g/mol. The van der Waals surface area contributed by atoms with E-state index in [4.69, 9.17) is 4.74 Å². The molecule has 4 atom stereocenters. The van der Waals surface area contributed by atoms with Crippen molar-refractivity contribution in [1.29, 1.82) is 0 Å². The minimum Gasteiger partial charge on any atom is -0.444 e. The third kappa shape index (κ3) is 9.39. The van der Waals surface area contributed by atoms with Crippen LogP contribution in [-0.4, -0.2) is 52.3 Å². The van der Waals surface area contributed by atoms with Gasteiger partial charge in [-0.2, -0.15) is 12.6 Å². The molecule has 2 N–H and O–H groups in total. The van der Waals surface area contributed by atoms with E-state index in [1.807, 2.05) is 52.8 Å². The van der Waals surface area contributed by atoms with Crippen LogP contribution in [-0.2, 0) is 14.3 Å². The van der Waals surface area contributed by atoms with Gasteiger partial charge in [0.15, 0.2) is 0 Å². The van der Waals surface area contributed by atoms with E-state index in [1.165, 1.54) is 0 Å². The number of carbonyl (C=O) groups excluding carboxylic acids is 3. The zero-order chi connectivity index (χ0) is 26.9. The average Bonchev–Trinajstić information content (AvgIpc) is 2.75. The fourth-order valence-electron chi connectivity index (χ4n) is 3.81. The highest BCUT2D eigenvalue weighted by Crippen LogP contribution is 2.28. The molecule has 0 aliphatic heterocycles. The summed E-state index contributed by atoms with van der Waals surface area (Å²) in [7, 11) is 0. The number of rotatable bonds is 11.